The SMILES string of the molecule is C#C/C=N\C(OC)=C(/C)N(CC1CCCC(C)(CC)C1)C(=O)O. The fourth-order valence-electron chi connectivity index (χ4n) is 3.32. The fourth-order valence-corrected chi connectivity index (χ4v) is 3.32. The number of terminal acetylenes is 1. The molecule has 0 aromatic heterocycles. The minimum atomic E-state index is -0.989. The van der Waals surface area contributed by atoms with Crippen LogP contribution in [0, 0.1) is 23.7 Å². The standard InChI is InChI=1S/C18H28N2O3/c1-6-11-19-16(23-5)14(3)20(17(21)22)13-15-9-8-10-18(4,7-2)12-15/h1,11,15H,7-10,12-13H2,2-5H3,(H,21,22)/b16-14-,19-11-. The Kier molecular flexibility index (Phi) is 7.15. The van der Waals surface area contributed by atoms with E-state index in [2.05, 4.69) is 24.8 Å². The van der Waals surface area contributed by atoms with Gasteiger partial charge in [-0.15, -0.1) is 6.42 Å². The predicted molar refractivity (Wildman–Crippen MR) is 92.1 cm³/mol. The van der Waals surface area contributed by atoms with Gasteiger partial charge >= 0.3 is 6.09 Å². The summed E-state index contributed by atoms with van der Waals surface area (Å²) in [7, 11) is 1.46. The molecule has 5 nitrogen and oxygen atoms in total. The molecule has 1 saturated carbocycles. The van der Waals surface area contributed by atoms with Gasteiger partial charge in [-0.2, -0.15) is 0 Å². The van der Waals surface area contributed by atoms with E-state index in [4.69, 9.17) is 11.2 Å². The van der Waals surface area contributed by atoms with Crippen LogP contribution in [0.2, 0.25) is 0 Å². The van der Waals surface area contributed by atoms with E-state index in [1.165, 1.54) is 24.6 Å². The second-order valence-corrected chi connectivity index (χ2v) is 6.54. The lowest BCUT2D eigenvalue weighted by Gasteiger charge is -2.39. The first kappa shape index (κ1) is 19.1. The maximum atomic E-state index is 11.7. The predicted octanol–water partition coefficient (Wildman–Crippen LogP) is 4.11. The van der Waals surface area contributed by atoms with Crippen LogP contribution in [0.3, 0.4) is 0 Å². The molecule has 23 heavy (non-hydrogen) atoms. The van der Waals surface area contributed by atoms with Gasteiger partial charge in [0.2, 0.25) is 5.88 Å². The van der Waals surface area contributed by atoms with Crippen LogP contribution in [0.5, 0.6) is 0 Å². The molecule has 0 heterocycles. The number of ether oxygens (including phenoxy) is 1. The number of allylic oxidation sites excluding steroid dienone is 1. The normalized spacial score (nSPS) is 25.6. The Balaban J connectivity index is 2.95. The molecular formula is C18H28N2O3. The van der Waals surface area contributed by atoms with Crippen molar-refractivity contribution in [3.63, 3.8) is 0 Å². The van der Waals surface area contributed by atoms with E-state index in [1.807, 2.05) is 0 Å². The van der Waals surface area contributed by atoms with Gasteiger partial charge in [-0.1, -0.05) is 32.6 Å². The molecule has 0 aromatic rings. The molecule has 1 aliphatic rings. The Morgan fingerprint density at radius 3 is 2.83 bits per heavy atom. The van der Waals surface area contributed by atoms with Crippen LogP contribution in [0.4, 0.5) is 4.79 Å². The van der Waals surface area contributed by atoms with E-state index in [0.717, 1.165) is 25.7 Å². The van der Waals surface area contributed by atoms with Crippen LogP contribution < -0.4 is 0 Å². The Labute approximate surface area is 139 Å². The molecule has 0 spiro atoms. The number of nitrogens with zero attached hydrogens (tertiary/aromatic N) is 2. The minimum Gasteiger partial charge on any atom is -0.480 e. The van der Waals surface area contributed by atoms with Gasteiger partial charge < -0.3 is 9.84 Å². The number of aliphatic imine (C=N–C) groups is 1. The first-order valence-corrected chi connectivity index (χ1v) is 8.11. The van der Waals surface area contributed by atoms with Gasteiger partial charge in [0, 0.05) is 6.54 Å². The lowest BCUT2D eigenvalue weighted by atomic mass is 9.69. The summed E-state index contributed by atoms with van der Waals surface area (Å²) in [6, 6.07) is 0. The molecule has 5 heteroatoms. The average Bonchev–Trinajstić information content (AvgIpc) is 2.53. The molecule has 2 unspecified atom stereocenters. The zero-order valence-corrected chi connectivity index (χ0v) is 14.6. The number of methoxy groups -OCH3 is 1. The number of carboxylic acid groups (broad SMARTS) is 1. The van der Waals surface area contributed by atoms with Gasteiger partial charge in [0.05, 0.1) is 19.0 Å². The highest BCUT2D eigenvalue weighted by molar-refractivity contribution is 5.78. The zero-order chi connectivity index (χ0) is 17.5. The molecule has 1 rings (SSSR count). The van der Waals surface area contributed by atoms with Gasteiger partial charge in [-0.05, 0) is 37.5 Å². The van der Waals surface area contributed by atoms with Crippen LogP contribution in [-0.4, -0.2) is 36.0 Å². The summed E-state index contributed by atoms with van der Waals surface area (Å²) in [6.45, 7) is 6.67. The first-order valence-electron chi connectivity index (χ1n) is 8.11. The Morgan fingerprint density at radius 2 is 2.30 bits per heavy atom. The number of rotatable bonds is 6. The van der Waals surface area contributed by atoms with E-state index < -0.39 is 6.09 Å². The van der Waals surface area contributed by atoms with Gasteiger partial charge in [-0.25, -0.2) is 9.79 Å². The van der Waals surface area contributed by atoms with Crippen LogP contribution >= 0.6 is 0 Å². The second-order valence-electron chi connectivity index (χ2n) is 6.54. The Morgan fingerprint density at radius 1 is 1.61 bits per heavy atom. The molecule has 2 atom stereocenters. The van der Waals surface area contributed by atoms with Crippen molar-refractivity contribution >= 4 is 12.3 Å². The molecule has 0 saturated heterocycles. The monoisotopic (exact) mass is 320 g/mol. The van der Waals surface area contributed by atoms with Gasteiger partial charge in [0.15, 0.2) is 0 Å². The van der Waals surface area contributed by atoms with E-state index >= 15 is 0 Å². The van der Waals surface area contributed by atoms with E-state index in [-0.39, 0.29) is 5.88 Å². The third kappa shape index (κ3) is 5.31. The van der Waals surface area contributed by atoms with Crippen molar-refractivity contribution in [2.24, 2.45) is 16.3 Å². The van der Waals surface area contributed by atoms with Crippen LogP contribution in [0.15, 0.2) is 16.6 Å². The Hall–Kier alpha value is -1.96. The molecule has 128 valence electrons. The van der Waals surface area contributed by atoms with Gasteiger partial charge in [-0.3, -0.25) is 4.90 Å². The summed E-state index contributed by atoms with van der Waals surface area (Å²) in [4.78, 5) is 17.0. The molecule has 0 aromatic carbocycles. The molecule has 1 fully saturated rings. The summed E-state index contributed by atoms with van der Waals surface area (Å²) in [6.07, 6.45) is 11.0. The fraction of sp³-hybridized carbons (Fsp3) is 0.667. The molecule has 0 aliphatic heterocycles. The van der Waals surface area contributed by atoms with Crippen LogP contribution in [0.1, 0.15) is 52.9 Å². The minimum absolute atomic E-state index is 0.236. The van der Waals surface area contributed by atoms with Crippen molar-refractivity contribution in [2.45, 2.75) is 52.9 Å². The second kappa shape index (κ2) is 8.61. The quantitative estimate of drug-likeness (QED) is 0.455. The van der Waals surface area contributed by atoms with E-state index in [0.29, 0.717) is 23.6 Å². The highest BCUT2D eigenvalue weighted by atomic mass is 16.5. The van der Waals surface area contributed by atoms with Crippen molar-refractivity contribution < 1.29 is 14.6 Å². The summed E-state index contributed by atoms with van der Waals surface area (Å²) < 4.78 is 5.18. The van der Waals surface area contributed by atoms with E-state index in [1.54, 1.807) is 6.92 Å². The van der Waals surface area contributed by atoms with Crippen molar-refractivity contribution in [3.8, 4) is 12.3 Å². The highest BCUT2D eigenvalue weighted by Gasteiger charge is 2.33. The molecule has 1 aliphatic carbocycles. The molecule has 1 N–H and O–H groups in total. The number of hydrogen-bond donors (Lipinski definition) is 1. The zero-order valence-electron chi connectivity index (χ0n) is 14.6. The van der Waals surface area contributed by atoms with E-state index in [9.17, 15) is 9.90 Å². The summed E-state index contributed by atoms with van der Waals surface area (Å²) in [5, 5.41) is 9.58. The lowest BCUT2D eigenvalue weighted by Crippen LogP contribution is -2.37. The highest BCUT2D eigenvalue weighted by Crippen LogP contribution is 2.42. The topological polar surface area (TPSA) is 62.1 Å². The average molecular weight is 320 g/mol. The molecule has 1 amide bonds. The third-order valence-electron chi connectivity index (χ3n) is 4.86. The third-order valence-corrected chi connectivity index (χ3v) is 4.86. The molecular weight excluding hydrogens is 292 g/mol. The summed E-state index contributed by atoms with van der Waals surface area (Å²) in [5.41, 5.74) is 0.784. The van der Waals surface area contributed by atoms with Crippen LogP contribution in [-0.2, 0) is 4.74 Å². The smallest absolute Gasteiger partial charge is 0.411 e. The van der Waals surface area contributed by atoms with Gasteiger partial charge in [0.25, 0.3) is 0 Å². The van der Waals surface area contributed by atoms with Gasteiger partial charge in [0.1, 0.15) is 0 Å². The Bertz CT molecular complexity index is 519. The van der Waals surface area contributed by atoms with Crippen molar-refractivity contribution in [2.75, 3.05) is 13.7 Å². The summed E-state index contributed by atoms with van der Waals surface area (Å²) in [5.74, 6) is 2.88. The lowest BCUT2D eigenvalue weighted by molar-refractivity contribution is 0.111. The van der Waals surface area contributed by atoms with Crippen molar-refractivity contribution in [1.29, 1.82) is 0 Å². The number of carbonyl (C=O) groups is 1. The number of amides is 1. The number of hydrogen-bond acceptors (Lipinski definition) is 3. The van der Waals surface area contributed by atoms with Crippen LogP contribution in [0.25, 0.3) is 0 Å². The molecule has 0 bridgehead atoms. The van der Waals surface area contributed by atoms with Crippen molar-refractivity contribution in [3.05, 3.63) is 11.6 Å². The molecule has 0 radical (unpaired) electrons. The van der Waals surface area contributed by atoms with Crippen molar-refractivity contribution in [1.82, 2.24) is 4.90 Å². The maximum Gasteiger partial charge on any atom is 0.411 e. The maximum absolute atomic E-state index is 11.7. The summed E-state index contributed by atoms with van der Waals surface area (Å²) >= 11 is 0. The first-order chi connectivity index (χ1) is 10.9. The largest absolute Gasteiger partial charge is 0.480 e.